The highest BCUT2D eigenvalue weighted by Gasteiger charge is 2.37. The zero-order chi connectivity index (χ0) is 21.1. The minimum atomic E-state index is -0.795. The number of urea groups is 1. The Bertz CT molecular complexity index is 1040. The molecule has 0 aliphatic carbocycles. The number of hydrogen-bond donors (Lipinski definition) is 1. The van der Waals surface area contributed by atoms with E-state index in [1.165, 1.54) is 6.08 Å². The molecule has 0 aromatic heterocycles. The molecule has 1 heterocycles. The lowest BCUT2D eigenvalue weighted by Gasteiger charge is -2.27. The lowest BCUT2D eigenvalue weighted by molar-refractivity contribution is -0.122. The number of hydrogen-bond acceptors (Lipinski definition) is 4. The highest BCUT2D eigenvalue weighted by molar-refractivity contribution is 9.10. The van der Waals surface area contributed by atoms with Crippen LogP contribution in [0.15, 0.2) is 46.4 Å². The van der Waals surface area contributed by atoms with E-state index < -0.39 is 17.8 Å². The van der Waals surface area contributed by atoms with Gasteiger partial charge >= 0.3 is 6.03 Å². The molecule has 1 aliphatic heterocycles. The van der Waals surface area contributed by atoms with Gasteiger partial charge < -0.3 is 4.74 Å². The molecular formula is C21H18BrClN2O4. The van der Waals surface area contributed by atoms with Crippen LogP contribution < -0.4 is 15.0 Å². The highest BCUT2D eigenvalue weighted by Crippen LogP contribution is 2.30. The van der Waals surface area contributed by atoms with Crippen LogP contribution in [0.2, 0.25) is 5.02 Å². The summed E-state index contributed by atoms with van der Waals surface area (Å²) in [5, 5.41) is 2.65. The third-order valence-corrected chi connectivity index (χ3v) is 4.96. The first kappa shape index (κ1) is 21.1. The minimum Gasteiger partial charge on any atom is -0.493 e. The highest BCUT2D eigenvalue weighted by atomic mass is 79.9. The van der Waals surface area contributed by atoms with E-state index in [0.717, 1.165) is 15.8 Å². The van der Waals surface area contributed by atoms with Gasteiger partial charge in [0.25, 0.3) is 11.8 Å². The van der Waals surface area contributed by atoms with Crippen LogP contribution in [0.3, 0.4) is 0 Å². The first-order chi connectivity index (χ1) is 13.8. The number of ether oxygens (including phenoxy) is 1. The Hall–Kier alpha value is -2.64. The normalized spacial score (nSPS) is 15.7. The Morgan fingerprint density at radius 1 is 1.17 bits per heavy atom. The van der Waals surface area contributed by atoms with E-state index in [2.05, 4.69) is 21.2 Å². The van der Waals surface area contributed by atoms with Crippen LogP contribution in [-0.4, -0.2) is 24.5 Å². The molecule has 0 spiro atoms. The SMILES string of the molecule is CCCOc1ccc(Cl)cc1/C=C1/C(=O)NC(=O)N(c2ccc(Br)cc2C)C1=O. The van der Waals surface area contributed by atoms with Crippen molar-refractivity contribution >= 4 is 57.1 Å². The quantitative estimate of drug-likeness (QED) is 0.493. The fourth-order valence-electron chi connectivity index (χ4n) is 2.88. The molecule has 6 nitrogen and oxygen atoms in total. The van der Waals surface area contributed by atoms with Crippen molar-refractivity contribution in [2.24, 2.45) is 0 Å². The predicted octanol–water partition coefficient (Wildman–Crippen LogP) is 4.87. The van der Waals surface area contributed by atoms with Gasteiger partial charge in [-0.05, 0) is 61.4 Å². The van der Waals surface area contributed by atoms with Crippen LogP contribution in [0, 0.1) is 6.92 Å². The van der Waals surface area contributed by atoms with Gasteiger partial charge in [0.2, 0.25) is 0 Å². The number of imide groups is 2. The van der Waals surface area contributed by atoms with E-state index in [1.54, 1.807) is 43.3 Å². The standard InChI is InChI=1S/C21H18BrClN2O4/c1-3-8-29-18-7-5-15(23)10-13(18)11-16-19(26)24-21(28)25(20(16)27)17-6-4-14(22)9-12(17)2/h4-7,9-11H,3,8H2,1-2H3,(H,24,26,28)/b16-11-. The molecular weight excluding hydrogens is 460 g/mol. The van der Waals surface area contributed by atoms with Crippen molar-refractivity contribution in [1.82, 2.24) is 5.32 Å². The van der Waals surface area contributed by atoms with Crippen LogP contribution in [-0.2, 0) is 9.59 Å². The molecule has 3 rings (SSSR count). The molecule has 150 valence electrons. The van der Waals surface area contributed by atoms with Crippen molar-refractivity contribution < 1.29 is 19.1 Å². The second kappa shape index (κ2) is 8.80. The van der Waals surface area contributed by atoms with Crippen LogP contribution in [0.25, 0.3) is 6.08 Å². The Morgan fingerprint density at radius 2 is 1.93 bits per heavy atom. The van der Waals surface area contributed by atoms with Crippen LogP contribution in [0.1, 0.15) is 24.5 Å². The largest absolute Gasteiger partial charge is 0.493 e. The van der Waals surface area contributed by atoms with Crippen molar-refractivity contribution in [3.63, 3.8) is 0 Å². The topological polar surface area (TPSA) is 75.7 Å². The summed E-state index contributed by atoms with van der Waals surface area (Å²) >= 11 is 9.44. The second-order valence-electron chi connectivity index (χ2n) is 6.42. The number of barbiturate groups is 1. The van der Waals surface area contributed by atoms with E-state index in [1.807, 2.05) is 6.92 Å². The first-order valence-corrected chi connectivity index (χ1v) is 10.1. The van der Waals surface area contributed by atoms with Crippen molar-refractivity contribution in [3.05, 3.63) is 62.6 Å². The molecule has 0 unspecified atom stereocenters. The number of rotatable bonds is 5. The van der Waals surface area contributed by atoms with Crippen molar-refractivity contribution in [1.29, 1.82) is 0 Å². The molecule has 1 saturated heterocycles. The fourth-order valence-corrected chi connectivity index (χ4v) is 3.53. The maximum atomic E-state index is 13.1. The van der Waals surface area contributed by atoms with E-state index >= 15 is 0 Å². The van der Waals surface area contributed by atoms with E-state index in [0.29, 0.717) is 34.2 Å². The smallest absolute Gasteiger partial charge is 0.335 e. The first-order valence-electron chi connectivity index (χ1n) is 8.91. The van der Waals surface area contributed by atoms with Gasteiger partial charge in [-0.2, -0.15) is 0 Å². The van der Waals surface area contributed by atoms with Crippen LogP contribution in [0.4, 0.5) is 10.5 Å². The number of nitrogens with zero attached hydrogens (tertiary/aromatic N) is 1. The third kappa shape index (κ3) is 4.52. The summed E-state index contributed by atoms with van der Waals surface area (Å²) in [6.45, 7) is 4.21. The molecule has 4 amide bonds. The maximum Gasteiger partial charge on any atom is 0.335 e. The number of aryl methyl sites for hydroxylation is 1. The van der Waals surface area contributed by atoms with Crippen molar-refractivity contribution in [3.8, 4) is 5.75 Å². The summed E-state index contributed by atoms with van der Waals surface area (Å²) in [5.41, 5.74) is 1.38. The second-order valence-corrected chi connectivity index (χ2v) is 7.77. The average molecular weight is 478 g/mol. The maximum absolute atomic E-state index is 13.1. The van der Waals surface area contributed by atoms with Crippen molar-refractivity contribution in [2.45, 2.75) is 20.3 Å². The number of amides is 4. The molecule has 8 heteroatoms. The number of carbonyl (C=O) groups excluding carboxylic acids is 3. The Balaban J connectivity index is 2.05. The molecule has 1 N–H and O–H groups in total. The predicted molar refractivity (Wildman–Crippen MR) is 115 cm³/mol. The van der Waals surface area contributed by atoms with Gasteiger partial charge in [-0.15, -0.1) is 0 Å². The molecule has 0 saturated carbocycles. The molecule has 2 aromatic carbocycles. The fraction of sp³-hybridized carbons (Fsp3) is 0.190. The third-order valence-electron chi connectivity index (χ3n) is 4.23. The van der Waals surface area contributed by atoms with Gasteiger partial charge in [-0.25, -0.2) is 9.69 Å². The summed E-state index contributed by atoms with van der Waals surface area (Å²) in [4.78, 5) is 38.9. The van der Waals surface area contributed by atoms with Gasteiger partial charge in [-0.1, -0.05) is 34.5 Å². The molecule has 0 bridgehead atoms. The monoisotopic (exact) mass is 476 g/mol. The van der Waals surface area contributed by atoms with E-state index in [-0.39, 0.29) is 5.57 Å². The van der Waals surface area contributed by atoms with E-state index in [4.69, 9.17) is 16.3 Å². The number of carbonyl (C=O) groups is 3. The van der Waals surface area contributed by atoms with Crippen LogP contribution in [0.5, 0.6) is 5.75 Å². The molecule has 1 aliphatic rings. The Labute approximate surface area is 181 Å². The number of anilines is 1. The lowest BCUT2D eigenvalue weighted by atomic mass is 10.0. The molecule has 0 radical (unpaired) electrons. The van der Waals surface area contributed by atoms with E-state index in [9.17, 15) is 14.4 Å². The summed E-state index contributed by atoms with van der Waals surface area (Å²) in [6.07, 6.45) is 2.19. The summed E-state index contributed by atoms with van der Waals surface area (Å²) in [5.74, 6) is -0.995. The number of nitrogens with one attached hydrogen (secondary N) is 1. The average Bonchev–Trinajstić information content (AvgIpc) is 2.66. The van der Waals surface area contributed by atoms with Gasteiger partial charge in [-0.3, -0.25) is 14.9 Å². The minimum absolute atomic E-state index is 0.185. The number of benzene rings is 2. The Morgan fingerprint density at radius 3 is 2.62 bits per heavy atom. The molecule has 1 fully saturated rings. The van der Waals surface area contributed by atoms with Crippen LogP contribution >= 0.6 is 27.5 Å². The van der Waals surface area contributed by atoms with Gasteiger partial charge in [0, 0.05) is 15.1 Å². The van der Waals surface area contributed by atoms with Gasteiger partial charge in [0.1, 0.15) is 11.3 Å². The Kier molecular flexibility index (Phi) is 6.39. The summed E-state index contributed by atoms with van der Waals surface area (Å²) in [6, 6.07) is 9.29. The molecule has 0 atom stereocenters. The zero-order valence-corrected chi connectivity index (χ0v) is 18.1. The van der Waals surface area contributed by atoms with Gasteiger partial charge in [0.05, 0.1) is 12.3 Å². The lowest BCUT2D eigenvalue weighted by Crippen LogP contribution is -2.54. The number of halogens is 2. The van der Waals surface area contributed by atoms with Crippen molar-refractivity contribution in [2.75, 3.05) is 11.5 Å². The summed E-state index contributed by atoms with van der Waals surface area (Å²) < 4.78 is 6.50. The summed E-state index contributed by atoms with van der Waals surface area (Å²) in [7, 11) is 0. The zero-order valence-electron chi connectivity index (χ0n) is 15.8. The molecule has 29 heavy (non-hydrogen) atoms. The van der Waals surface area contributed by atoms with Gasteiger partial charge in [0.15, 0.2) is 0 Å². The molecule has 2 aromatic rings.